The number of hydrogen-bond acceptors (Lipinski definition) is 4. The largest absolute Gasteiger partial charge is 0.370 e. The van der Waals surface area contributed by atoms with Crippen molar-refractivity contribution >= 4 is 11.7 Å². The highest BCUT2D eigenvalue weighted by atomic mass is 16.2. The van der Waals surface area contributed by atoms with E-state index in [2.05, 4.69) is 15.3 Å². The van der Waals surface area contributed by atoms with Crippen LogP contribution in [-0.2, 0) is 6.54 Å². The summed E-state index contributed by atoms with van der Waals surface area (Å²) in [6, 6.07) is 9.28. The Morgan fingerprint density at radius 1 is 1.19 bits per heavy atom. The van der Waals surface area contributed by atoms with Gasteiger partial charge in [0.25, 0.3) is 5.91 Å². The molecule has 0 bridgehead atoms. The lowest BCUT2D eigenvalue weighted by atomic mass is 10.2. The standard InChI is InChI=1S/C16H20N4O/c1-3-18-15-7-5-6-14(19-15)16(21)20(4-2)12-13-8-10-17-11-9-13/h5-11H,3-4,12H2,1-2H3,(H,18,19). The molecule has 5 nitrogen and oxygen atoms in total. The van der Waals surface area contributed by atoms with E-state index in [4.69, 9.17) is 0 Å². The highest BCUT2D eigenvalue weighted by Gasteiger charge is 2.16. The number of hydrogen-bond donors (Lipinski definition) is 1. The fourth-order valence-electron chi connectivity index (χ4n) is 2.03. The SMILES string of the molecule is CCNc1cccc(C(=O)N(CC)Cc2ccncc2)n1. The van der Waals surface area contributed by atoms with Crippen molar-refractivity contribution in [1.29, 1.82) is 0 Å². The summed E-state index contributed by atoms with van der Waals surface area (Å²) in [6.45, 7) is 5.93. The molecule has 0 saturated heterocycles. The molecule has 0 fully saturated rings. The molecule has 0 saturated carbocycles. The summed E-state index contributed by atoms with van der Waals surface area (Å²) in [7, 11) is 0. The molecule has 21 heavy (non-hydrogen) atoms. The summed E-state index contributed by atoms with van der Waals surface area (Å²) in [5.74, 6) is 0.664. The van der Waals surface area contributed by atoms with E-state index in [1.54, 1.807) is 23.4 Å². The van der Waals surface area contributed by atoms with Crippen LogP contribution in [0.3, 0.4) is 0 Å². The van der Waals surface area contributed by atoms with Crippen molar-refractivity contribution in [3.8, 4) is 0 Å². The van der Waals surface area contributed by atoms with Crippen molar-refractivity contribution < 1.29 is 4.79 Å². The number of rotatable bonds is 6. The van der Waals surface area contributed by atoms with Gasteiger partial charge in [-0.05, 0) is 43.7 Å². The van der Waals surface area contributed by atoms with Crippen molar-refractivity contribution in [2.75, 3.05) is 18.4 Å². The summed E-state index contributed by atoms with van der Waals surface area (Å²) in [4.78, 5) is 22.7. The van der Waals surface area contributed by atoms with Crippen molar-refractivity contribution in [3.05, 3.63) is 54.0 Å². The Hall–Kier alpha value is -2.43. The van der Waals surface area contributed by atoms with Crippen LogP contribution in [0.5, 0.6) is 0 Å². The van der Waals surface area contributed by atoms with Gasteiger partial charge in [0.05, 0.1) is 0 Å². The van der Waals surface area contributed by atoms with E-state index in [0.29, 0.717) is 18.8 Å². The predicted molar refractivity (Wildman–Crippen MR) is 83.1 cm³/mol. The molecule has 0 aliphatic rings. The maximum atomic E-state index is 12.6. The highest BCUT2D eigenvalue weighted by molar-refractivity contribution is 5.92. The fourth-order valence-corrected chi connectivity index (χ4v) is 2.03. The molecule has 2 aromatic heterocycles. The highest BCUT2D eigenvalue weighted by Crippen LogP contribution is 2.10. The van der Waals surface area contributed by atoms with Gasteiger partial charge in [-0.15, -0.1) is 0 Å². The second-order valence-electron chi connectivity index (χ2n) is 4.61. The molecule has 0 atom stereocenters. The molecule has 1 N–H and O–H groups in total. The first-order valence-electron chi connectivity index (χ1n) is 7.13. The summed E-state index contributed by atoms with van der Waals surface area (Å²) in [5, 5.41) is 3.12. The van der Waals surface area contributed by atoms with Gasteiger partial charge in [-0.1, -0.05) is 6.07 Å². The lowest BCUT2D eigenvalue weighted by molar-refractivity contribution is 0.0747. The minimum Gasteiger partial charge on any atom is -0.370 e. The van der Waals surface area contributed by atoms with Gasteiger partial charge < -0.3 is 10.2 Å². The van der Waals surface area contributed by atoms with E-state index in [0.717, 1.165) is 17.9 Å². The Kier molecular flexibility index (Phi) is 5.26. The molecule has 110 valence electrons. The number of anilines is 1. The molecule has 2 heterocycles. The average Bonchev–Trinajstić information content (AvgIpc) is 2.53. The number of aromatic nitrogens is 2. The molecule has 0 spiro atoms. The topological polar surface area (TPSA) is 58.1 Å². The minimum atomic E-state index is -0.0611. The third-order valence-corrected chi connectivity index (χ3v) is 3.12. The zero-order valence-electron chi connectivity index (χ0n) is 12.4. The molecule has 0 aromatic carbocycles. The Balaban J connectivity index is 2.14. The number of carbonyl (C=O) groups is 1. The van der Waals surface area contributed by atoms with Crippen molar-refractivity contribution in [2.45, 2.75) is 20.4 Å². The summed E-state index contributed by atoms with van der Waals surface area (Å²) < 4.78 is 0. The average molecular weight is 284 g/mol. The van der Waals surface area contributed by atoms with Crippen molar-refractivity contribution in [1.82, 2.24) is 14.9 Å². The minimum absolute atomic E-state index is 0.0611. The summed E-state index contributed by atoms with van der Waals surface area (Å²) >= 11 is 0. The fraction of sp³-hybridized carbons (Fsp3) is 0.312. The van der Waals surface area contributed by atoms with Gasteiger partial charge in [0.1, 0.15) is 11.5 Å². The molecule has 0 aliphatic carbocycles. The van der Waals surface area contributed by atoms with Gasteiger partial charge >= 0.3 is 0 Å². The van der Waals surface area contributed by atoms with E-state index in [9.17, 15) is 4.79 Å². The smallest absolute Gasteiger partial charge is 0.272 e. The molecular weight excluding hydrogens is 264 g/mol. The first kappa shape index (κ1) is 15.0. The third-order valence-electron chi connectivity index (χ3n) is 3.12. The number of carbonyl (C=O) groups excluding carboxylic acids is 1. The Bertz CT molecular complexity index is 586. The maximum Gasteiger partial charge on any atom is 0.272 e. The third kappa shape index (κ3) is 4.02. The van der Waals surface area contributed by atoms with E-state index in [-0.39, 0.29) is 5.91 Å². The molecule has 0 aliphatic heterocycles. The van der Waals surface area contributed by atoms with Gasteiger partial charge in [-0.25, -0.2) is 4.98 Å². The number of amides is 1. The lowest BCUT2D eigenvalue weighted by Gasteiger charge is -2.20. The van der Waals surface area contributed by atoms with Gasteiger partial charge in [-0.2, -0.15) is 0 Å². The van der Waals surface area contributed by atoms with Crippen LogP contribution in [-0.4, -0.2) is 33.9 Å². The van der Waals surface area contributed by atoms with Crippen LogP contribution in [0.1, 0.15) is 29.9 Å². The van der Waals surface area contributed by atoms with E-state index in [1.807, 2.05) is 38.1 Å². The maximum absolute atomic E-state index is 12.6. The quantitative estimate of drug-likeness (QED) is 0.885. The van der Waals surface area contributed by atoms with Crippen LogP contribution in [0.25, 0.3) is 0 Å². The zero-order valence-corrected chi connectivity index (χ0v) is 12.4. The van der Waals surface area contributed by atoms with Crippen LogP contribution >= 0.6 is 0 Å². The number of nitrogens with one attached hydrogen (secondary N) is 1. The van der Waals surface area contributed by atoms with Crippen LogP contribution in [0.4, 0.5) is 5.82 Å². The monoisotopic (exact) mass is 284 g/mol. The van der Waals surface area contributed by atoms with E-state index >= 15 is 0 Å². The molecule has 0 unspecified atom stereocenters. The molecule has 5 heteroatoms. The second-order valence-corrected chi connectivity index (χ2v) is 4.61. The molecule has 2 aromatic rings. The first-order chi connectivity index (χ1) is 10.2. The van der Waals surface area contributed by atoms with Crippen LogP contribution in [0, 0.1) is 0 Å². The zero-order chi connectivity index (χ0) is 15.1. The number of nitrogens with zero attached hydrogens (tertiary/aromatic N) is 3. The Labute approximate surface area is 125 Å². The first-order valence-corrected chi connectivity index (χ1v) is 7.13. The van der Waals surface area contributed by atoms with Crippen molar-refractivity contribution in [2.24, 2.45) is 0 Å². The predicted octanol–water partition coefficient (Wildman–Crippen LogP) is 2.57. The van der Waals surface area contributed by atoms with Crippen LogP contribution in [0.15, 0.2) is 42.7 Å². The molecule has 2 rings (SSSR count). The van der Waals surface area contributed by atoms with Crippen molar-refractivity contribution in [3.63, 3.8) is 0 Å². The van der Waals surface area contributed by atoms with Crippen LogP contribution in [0.2, 0.25) is 0 Å². The number of pyridine rings is 2. The van der Waals surface area contributed by atoms with Gasteiger partial charge in [-0.3, -0.25) is 9.78 Å². The van der Waals surface area contributed by atoms with Gasteiger partial charge in [0, 0.05) is 32.0 Å². The Morgan fingerprint density at radius 2 is 1.95 bits per heavy atom. The molecular formula is C16H20N4O. The molecule has 1 amide bonds. The normalized spacial score (nSPS) is 10.2. The van der Waals surface area contributed by atoms with Gasteiger partial charge in [0.2, 0.25) is 0 Å². The Morgan fingerprint density at radius 3 is 2.62 bits per heavy atom. The van der Waals surface area contributed by atoms with Gasteiger partial charge in [0.15, 0.2) is 0 Å². The second kappa shape index (κ2) is 7.38. The summed E-state index contributed by atoms with van der Waals surface area (Å²) in [5.41, 5.74) is 1.52. The molecule has 0 radical (unpaired) electrons. The van der Waals surface area contributed by atoms with E-state index in [1.165, 1.54) is 0 Å². The van der Waals surface area contributed by atoms with E-state index < -0.39 is 0 Å². The lowest BCUT2D eigenvalue weighted by Crippen LogP contribution is -2.31. The van der Waals surface area contributed by atoms with Crippen LogP contribution < -0.4 is 5.32 Å². The summed E-state index contributed by atoms with van der Waals surface area (Å²) in [6.07, 6.45) is 3.47.